The highest BCUT2D eigenvalue weighted by Crippen LogP contribution is 2.45. The molecule has 1 aromatic heterocycles. The average molecular weight is 430 g/mol. The minimum atomic E-state index is -0.210. The molecule has 166 valence electrons. The largest absolute Gasteiger partial charge is 0.369 e. The molecule has 0 bridgehead atoms. The topological polar surface area (TPSA) is 102 Å². The molecule has 5 nitrogen and oxygen atoms in total. The van der Waals surface area contributed by atoms with E-state index in [4.69, 9.17) is 11.5 Å². The van der Waals surface area contributed by atoms with E-state index in [1.54, 1.807) is 6.07 Å². The first-order chi connectivity index (χ1) is 15.6. The Bertz CT molecular complexity index is 1090. The van der Waals surface area contributed by atoms with E-state index in [1.807, 2.05) is 48.5 Å². The fraction of sp³-hybridized carbons (Fsp3) is 0.333. The Morgan fingerprint density at radius 2 is 1.53 bits per heavy atom. The number of nitrogens with two attached hydrogens (primary N) is 2. The van der Waals surface area contributed by atoms with Gasteiger partial charge >= 0.3 is 0 Å². The first-order valence-electron chi connectivity index (χ1n) is 11.4. The number of benzene rings is 2. The van der Waals surface area contributed by atoms with E-state index < -0.39 is 0 Å². The number of amides is 1. The number of nitrogens with one attached hydrogen (secondary N) is 1. The maximum absolute atomic E-state index is 12.7. The highest BCUT2D eigenvalue weighted by Gasteiger charge is 2.36. The second-order valence-electron chi connectivity index (χ2n) is 8.85. The van der Waals surface area contributed by atoms with Gasteiger partial charge in [0.25, 0.3) is 0 Å². The number of primary amides is 1. The molecular formula is C27H31N3O2. The second-order valence-corrected chi connectivity index (χ2v) is 8.85. The Morgan fingerprint density at radius 1 is 0.906 bits per heavy atom. The van der Waals surface area contributed by atoms with Crippen LogP contribution < -0.4 is 17.0 Å². The first kappa shape index (κ1) is 22.0. The summed E-state index contributed by atoms with van der Waals surface area (Å²) in [4.78, 5) is 27.6. The third kappa shape index (κ3) is 4.83. The minimum absolute atomic E-state index is 0.0487. The molecule has 1 saturated carbocycles. The molecule has 1 aliphatic carbocycles. The van der Waals surface area contributed by atoms with Crippen LogP contribution in [0.4, 0.5) is 0 Å². The molecule has 5 N–H and O–H groups in total. The van der Waals surface area contributed by atoms with Crippen LogP contribution in [0.15, 0.2) is 77.6 Å². The van der Waals surface area contributed by atoms with Crippen LogP contribution in [0, 0.1) is 11.8 Å². The van der Waals surface area contributed by atoms with Gasteiger partial charge in [-0.15, -0.1) is 0 Å². The van der Waals surface area contributed by atoms with Gasteiger partial charge in [0.15, 0.2) is 0 Å². The lowest BCUT2D eigenvalue weighted by Gasteiger charge is -2.37. The zero-order valence-corrected chi connectivity index (χ0v) is 18.2. The predicted octanol–water partition coefficient (Wildman–Crippen LogP) is 4.16. The zero-order chi connectivity index (χ0) is 22.5. The van der Waals surface area contributed by atoms with Crippen LogP contribution in [0.2, 0.25) is 0 Å². The summed E-state index contributed by atoms with van der Waals surface area (Å²) in [5.74, 6) is 0.147. The van der Waals surface area contributed by atoms with E-state index in [0.29, 0.717) is 12.5 Å². The van der Waals surface area contributed by atoms with Gasteiger partial charge in [-0.3, -0.25) is 9.59 Å². The Labute approximate surface area is 188 Å². The Morgan fingerprint density at radius 3 is 2.12 bits per heavy atom. The number of hydrogen-bond donors (Lipinski definition) is 3. The molecule has 0 aliphatic heterocycles. The van der Waals surface area contributed by atoms with Gasteiger partial charge in [-0.2, -0.15) is 0 Å². The highest BCUT2D eigenvalue weighted by molar-refractivity contribution is 5.76. The lowest BCUT2D eigenvalue weighted by molar-refractivity contribution is -0.123. The molecule has 1 aliphatic rings. The van der Waals surface area contributed by atoms with Crippen molar-refractivity contribution in [2.45, 2.75) is 37.5 Å². The molecule has 0 radical (unpaired) electrons. The van der Waals surface area contributed by atoms with Gasteiger partial charge in [0.05, 0.1) is 0 Å². The van der Waals surface area contributed by atoms with E-state index in [2.05, 4.69) is 23.2 Å². The van der Waals surface area contributed by atoms with Crippen LogP contribution in [0.25, 0.3) is 11.1 Å². The van der Waals surface area contributed by atoms with E-state index in [9.17, 15) is 9.59 Å². The second kappa shape index (κ2) is 9.96. The normalized spacial score (nSPS) is 20.4. The number of rotatable bonds is 7. The van der Waals surface area contributed by atoms with Crippen LogP contribution in [-0.2, 0) is 4.79 Å². The molecule has 2 unspecified atom stereocenters. The van der Waals surface area contributed by atoms with Crippen molar-refractivity contribution in [2.75, 3.05) is 6.54 Å². The predicted molar refractivity (Wildman–Crippen MR) is 128 cm³/mol. The number of carbonyl (C=O) groups excluding carboxylic acids is 1. The van der Waals surface area contributed by atoms with Crippen molar-refractivity contribution < 1.29 is 4.79 Å². The number of carbonyl (C=O) groups is 1. The summed E-state index contributed by atoms with van der Waals surface area (Å²) in [5.41, 5.74) is 15.8. The van der Waals surface area contributed by atoms with Crippen LogP contribution in [0.5, 0.6) is 0 Å². The number of aromatic amines is 1. The fourth-order valence-corrected chi connectivity index (χ4v) is 5.29. The van der Waals surface area contributed by atoms with Crippen molar-refractivity contribution in [1.82, 2.24) is 4.98 Å². The van der Waals surface area contributed by atoms with Crippen molar-refractivity contribution in [3.8, 4) is 11.1 Å². The quantitative estimate of drug-likeness (QED) is 0.525. The molecule has 0 spiro atoms. The molecule has 1 heterocycles. The average Bonchev–Trinajstić information content (AvgIpc) is 2.83. The van der Waals surface area contributed by atoms with Crippen LogP contribution in [0.3, 0.4) is 0 Å². The standard InChI is InChI=1S/C27H31N3O2/c28-17-23(19-9-5-2-6-10-19)26(20-11-13-21(14-12-20)27(29)32)24-15-22(16-25(31)30-24)18-7-3-1-4-8-18/h1-10,15-16,20-21,23,26H,11-14,17,28H2,(H2,29,32)(H,30,31). The summed E-state index contributed by atoms with van der Waals surface area (Å²) < 4.78 is 0. The van der Waals surface area contributed by atoms with Crippen molar-refractivity contribution in [1.29, 1.82) is 0 Å². The van der Waals surface area contributed by atoms with Crippen molar-refractivity contribution in [3.05, 3.63) is 94.4 Å². The van der Waals surface area contributed by atoms with Gasteiger partial charge in [0.2, 0.25) is 11.5 Å². The number of aromatic nitrogens is 1. The molecule has 32 heavy (non-hydrogen) atoms. The Balaban J connectivity index is 1.77. The Hall–Kier alpha value is -3.18. The van der Waals surface area contributed by atoms with E-state index in [0.717, 1.165) is 42.5 Å². The van der Waals surface area contributed by atoms with Crippen LogP contribution >= 0.6 is 0 Å². The van der Waals surface area contributed by atoms with Gasteiger partial charge < -0.3 is 16.5 Å². The molecule has 5 heteroatoms. The minimum Gasteiger partial charge on any atom is -0.369 e. The third-order valence-electron chi connectivity index (χ3n) is 6.93. The van der Waals surface area contributed by atoms with Crippen molar-refractivity contribution in [2.24, 2.45) is 23.3 Å². The summed E-state index contributed by atoms with van der Waals surface area (Å²) in [6, 6.07) is 24.0. The van der Waals surface area contributed by atoms with Crippen LogP contribution in [0.1, 0.15) is 48.8 Å². The fourth-order valence-electron chi connectivity index (χ4n) is 5.29. The van der Waals surface area contributed by atoms with E-state index in [1.165, 1.54) is 5.56 Å². The summed E-state index contributed by atoms with van der Waals surface area (Å²) in [5, 5.41) is 0. The molecule has 2 aromatic carbocycles. The maximum atomic E-state index is 12.7. The number of hydrogen-bond acceptors (Lipinski definition) is 3. The molecule has 4 rings (SSSR count). The highest BCUT2D eigenvalue weighted by atomic mass is 16.1. The van der Waals surface area contributed by atoms with Gasteiger partial charge in [-0.25, -0.2) is 0 Å². The summed E-state index contributed by atoms with van der Waals surface area (Å²) in [6.07, 6.45) is 3.34. The lowest BCUT2D eigenvalue weighted by Crippen LogP contribution is -2.33. The Kier molecular flexibility index (Phi) is 6.86. The summed E-state index contributed by atoms with van der Waals surface area (Å²) >= 11 is 0. The van der Waals surface area contributed by atoms with Gasteiger partial charge in [-0.1, -0.05) is 60.7 Å². The smallest absolute Gasteiger partial charge is 0.248 e. The van der Waals surface area contributed by atoms with Crippen molar-refractivity contribution >= 4 is 5.91 Å². The molecule has 1 amide bonds. The van der Waals surface area contributed by atoms with Gasteiger partial charge in [-0.05, 0) is 60.9 Å². The first-order valence-corrected chi connectivity index (χ1v) is 11.4. The monoisotopic (exact) mass is 429 g/mol. The SMILES string of the molecule is NCC(c1ccccc1)C(c1cc(-c2ccccc2)cc(=O)[nH]1)C1CCC(C(N)=O)CC1. The molecular weight excluding hydrogens is 398 g/mol. The molecule has 3 aromatic rings. The number of H-pyrrole nitrogens is 1. The van der Waals surface area contributed by atoms with E-state index in [-0.39, 0.29) is 29.2 Å². The molecule has 2 atom stereocenters. The number of pyridine rings is 1. The van der Waals surface area contributed by atoms with Crippen LogP contribution in [-0.4, -0.2) is 17.4 Å². The van der Waals surface area contributed by atoms with Crippen molar-refractivity contribution in [3.63, 3.8) is 0 Å². The zero-order valence-electron chi connectivity index (χ0n) is 18.2. The molecule has 1 fully saturated rings. The summed E-state index contributed by atoms with van der Waals surface area (Å²) in [7, 11) is 0. The lowest BCUT2D eigenvalue weighted by atomic mass is 9.68. The van der Waals surface area contributed by atoms with Gasteiger partial charge in [0.1, 0.15) is 0 Å². The third-order valence-corrected chi connectivity index (χ3v) is 6.93. The van der Waals surface area contributed by atoms with Gasteiger partial charge in [0, 0.05) is 29.5 Å². The van der Waals surface area contributed by atoms with E-state index >= 15 is 0 Å². The maximum Gasteiger partial charge on any atom is 0.248 e. The summed E-state index contributed by atoms with van der Waals surface area (Å²) in [6.45, 7) is 0.474. The molecule has 0 saturated heterocycles.